The molecule has 5 rings (SSSR count). The second kappa shape index (κ2) is 6.88. The van der Waals surface area contributed by atoms with Crippen molar-refractivity contribution < 1.29 is 4.39 Å². The van der Waals surface area contributed by atoms with Gasteiger partial charge in [0.2, 0.25) is 0 Å². The number of nitriles is 2. The fraction of sp³-hybridized carbons (Fsp3) is 0. The molecule has 0 aliphatic carbocycles. The van der Waals surface area contributed by atoms with Gasteiger partial charge in [-0.2, -0.15) is 10.5 Å². The van der Waals surface area contributed by atoms with Crippen molar-refractivity contribution >= 4 is 21.8 Å². The highest BCUT2D eigenvalue weighted by Gasteiger charge is 2.18. The van der Waals surface area contributed by atoms with Crippen LogP contribution in [-0.4, -0.2) is 4.57 Å². The SMILES string of the molecule is N#Cc1ccc(-n2c3ccccc3c3ccccc32)c(-c2cccc(C#N)c2F)c1. The van der Waals surface area contributed by atoms with E-state index < -0.39 is 5.82 Å². The molecule has 1 heterocycles. The maximum atomic E-state index is 15.1. The van der Waals surface area contributed by atoms with Gasteiger partial charge in [-0.05, 0) is 36.4 Å². The number of rotatable bonds is 2. The van der Waals surface area contributed by atoms with E-state index in [1.165, 1.54) is 6.07 Å². The van der Waals surface area contributed by atoms with Gasteiger partial charge in [0.1, 0.15) is 11.9 Å². The molecule has 0 atom stereocenters. The number of para-hydroxylation sites is 2. The first-order valence-electron chi connectivity index (χ1n) is 9.44. The van der Waals surface area contributed by atoms with Crippen LogP contribution >= 0.6 is 0 Å². The van der Waals surface area contributed by atoms with Crippen LogP contribution in [0.3, 0.4) is 0 Å². The van der Waals surface area contributed by atoms with Crippen molar-refractivity contribution in [2.75, 3.05) is 0 Å². The van der Waals surface area contributed by atoms with Gasteiger partial charge in [0.15, 0.2) is 0 Å². The minimum Gasteiger partial charge on any atom is -0.309 e. The molecule has 0 bridgehead atoms. The smallest absolute Gasteiger partial charge is 0.148 e. The largest absolute Gasteiger partial charge is 0.309 e. The third-order valence-electron chi connectivity index (χ3n) is 5.36. The summed E-state index contributed by atoms with van der Waals surface area (Å²) in [7, 11) is 0. The highest BCUT2D eigenvalue weighted by Crippen LogP contribution is 2.37. The summed E-state index contributed by atoms with van der Waals surface area (Å²) in [6, 6.07) is 30.1. The molecule has 0 spiro atoms. The van der Waals surface area contributed by atoms with Crippen LogP contribution in [0.1, 0.15) is 11.1 Å². The first kappa shape index (κ1) is 17.7. The van der Waals surface area contributed by atoms with Crippen LogP contribution in [0.4, 0.5) is 4.39 Å². The first-order chi connectivity index (χ1) is 14.7. The fourth-order valence-electron chi connectivity index (χ4n) is 4.02. The Labute approximate surface area is 172 Å². The zero-order valence-electron chi connectivity index (χ0n) is 15.8. The molecule has 0 radical (unpaired) electrons. The lowest BCUT2D eigenvalue weighted by Crippen LogP contribution is -2.00. The molecule has 30 heavy (non-hydrogen) atoms. The Balaban J connectivity index is 1.93. The molecule has 3 nitrogen and oxygen atoms in total. The molecule has 0 N–H and O–H groups in total. The molecule has 4 aromatic carbocycles. The number of hydrogen-bond donors (Lipinski definition) is 0. The maximum absolute atomic E-state index is 15.1. The van der Waals surface area contributed by atoms with E-state index in [1.54, 1.807) is 24.3 Å². The van der Waals surface area contributed by atoms with Crippen LogP contribution in [0.5, 0.6) is 0 Å². The standard InChI is InChI=1S/C26H14FN3/c27-26-18(16-29)6-5-9-21(26)22-14-17(15-28)12-13-25(22)30-23-10-3-1-7-19(23)20-8-2-4-11-24(20)30/h1-14H. The van der Waals surface area contributed by atoms with E-state index in [0.717, 1.165) is 27.5 Å². The molecular weight excluding hydrogens is 373 g/mol. The quantitative estimate of drug-likeness (QED) is 0.355. The van der Waals surface area contributed by atoms with Crippen molar-refractivity contribution in [3.05, 3.63) is 102 Å². The molecule has 0 amide bonds. The van der Waals surface area contributed by atoms with Crippen LogP contribution in [-0.2, 0) is 0 Å². The number of aromatic nitrogens is 1. The summed E-state index contributed by atoms with van der Waals surface area (Å²) < 4.78 is 17.2. The number of benzene rings is 4. The Bertz CT molecular complexity index is 1480. The van der Waals surface area contributed by atoms with E-state index in [4.69, 9.17) is 0 Å². The van der Waals surface area contributed by atoms with Crippen molar-refractivity contribution in [2.24, 2.45) is 0 Å². The van der Waals surface area contributed by atoms with Crippen molar-refractivity contribution in [1.82, 2.24) is 4.57 Å². The topological polar surface area (TPSA) is 52.5 Å². The summed E-state index contributed by atoms with van der Waals surface area (Å²) in [5.74, 6) is -0.586. The van der Waals surface area contributed by atoms with Crippen LogP contribution in [0.2, 0.25) is 0 Å². The fourth-order valence-corrected chi connectivity index (χ4v) is 4.02. The minimum absolute atomic E-state index is 0.0250. The van der Waals surface area contributed by atoms with Gasteiger partial charge in [-0.25, -0.2) is 4.39 Å². The summed E-state index contributed by atoms with van der Waals surface area (Å²) in [5.41, 5.74) is 3.99. The molecule has 0 aliphatic rings. The number of halogens is 1. The number of nitrogens with zero attached hydrogens (tertiary/aromatic N) is 3. The van der Waals surface area contributed by atoms with Crippen molar-refractivity contribution in [3.8, 4) is 29.0 Å². The van der Waals surface area contributed by atoms with E-state index in [0.29, 0.717) is 16.7 Å². The summed E-state index contributed by atoms with van der Waals surface area (Å²) in [4.78, 5) is 0. The van der Waals surface area contributed by atoms with Crippen LogP contribution in [0.25, 0.3) is 38.6 Å². The third kappa shape index (κ3) is 2.56. The Hall–Kier alpha value is -4.41. The summed E-state index contributed by atoms with van der Waals surface area (Å²) >= 11 is 0. The lowest BCUT2D eigenvalue weighted by molar-refractivity contribution is 0.627. The molecule has 0 saturated carbocycles. The van der Waals surface area contributed by atoms with E-state index in [1.807, 2.05) is 48.5 Å². The zero-order valence-corrected chi connectivity index (χ0v) is 15.8. The molecule has 1 aromatic heterocycles. The Morgan fingerprint density at radius 3 is 1.97 bits per heavy atom. The lowest BCUT2D eigenvalue weighted by Gasteiger charge is -2.15. The lowest BCUT2D eigenvalue weighted by atomic mass is 9.98. The van der Waals surface area contributed by atoms with Crippen LogP contribution in [0.15, 0.2) is 84.9 Å². The normalized spacial score (nSPS) is 10.8. The average molecular weight is 387 g/mol. The molecular formula is C26H14FN3. The van der Waals surface area contributed by atoms with Gasteiger partial charge in [0.05, 0.1) is 33.9 Å². The predicted octanol–water partition coefficient (Wildman–Crippen LogP) is 6.33. The van der Waals surface area contributed by atoms with Gasteiger partial charge in [0.25, 0.3) is 0 Å². The first-order valence-corrected chi connectivity index (χ1v) is 9.44. The zero-order chi connectivity index (χ0) is 20.7. The highest BCUT2D eigenvalue weighted by atomic mass is 19.1. The molecule has 140 valence electrons. The Morgan fingerprint density at radius 2 is 1.33 bits per heavy atom. The van der Waals surface area contributed by atoms with E-state index in [2.05, 4.69) is 22.8 Å². The molecule has 0 unspecified atom stereocenters. The summed E-state index contributed by atoms with van der Waals surface area (Å²) in [5, 5.41) is 20.9. The molecule has 4 heteroatoms. The van der Waals surface area contributed by atoms with E-state index in [9.17, 15) is 10.5 Å². The van der Waals surface area contributed by atoms with Crippen molar-refractivity contribution in [2.45, 2.75) is 0 Å². The minimum atomic E-state index is -0.586. The number of hydrogen-bond acceptors (Lipinski definition) is 2. The molecule has 0 saturated heterocycles. The molecule has 0 aliphatic heterocycles. The van der Waals surface area contributed by atoms with Gasteiger partial charge in [-0.3, -0.25) is 0 Å². The second-order valence-corrected chi connectivity index (χ2v) is 6.99. The van der Waals surface area contributed by atoms with Gasteiger partial charge in [-0.15, -0.1) is 0 Å². The second-order valence-electron chi connectivity index (χ2n) is 6.99. The number of fused-ring (bicyclic) bond motifs is 3. The molecule has 0 fully saturated rings. The van der Waals surface area contributed by atoms with Gasteiger partial charge in [-0.1, -0.05) is 48.5 Å². The van der Waals surface area contributed by atoms with Crippen LogP contribution < -0.4 is 0 Å². The van der Waals surface area contributed by atoms with Gasteiger partial charge >= 0.3 is 0 Å². The summed E-state index contributed by atoms with van der Waals surface area (Å²) in [6.07, 6.45) is 0. The Kier molecular flexibility index (Phi) is 4.05. The monoisotopic (exact) mass is 387 g/mol. The third-order valence-corrected chi connectivity index (χ3v) is 5.36. The molecule has 5 aromatic rings. The van der Waals surface area contributed by atoms with Crippen LogP contribution in [0, 0.1) is 28.5 Å². The van der Waals surface area contributed by atoms with E-state index in [-0.39, 0.29) is 5.56 Å². The van der Waals surface area contributed by atoms with Gasteiger partial charge < -0.3 is 4.57 Å². The van der Waals surface area contributed by atoms with Crippen molar-refractivity contribution in [3.63, 3.8) is 0 Å². The average Bonchev–Trinajstić information content (AvgIpc) is 3.13. The highest BCUT2D eigenvalue weighted by molar-refractivity contribution is 6.09. The predicted molar refractivity (Wildman–Crippen MR) is 116 cm³/mol. The Morgan fingerprint density at radius 1 is 0.667 bits per heavy atom. The van der Waals surface area contributed by atoms with Crippen molar-refractivity contribution in [1.29, 1.82) is 10.5 Å². The maximum Gasteiger partial charge on any atom is 0.148 e. The van der Waals surface area contributed by atoms with E-state index >= 15 is 4.39 Å². The van der Waals surface area contributed by atoms with Gasteiger partial charge in [0, 0.05) is 21.9 Å². The summed E-state index contributed by atoms with van der Waals surface area (Å²) in [6.45, 7) is 0.